The number of nitrogens with one attached hydrogen (secondary N) is 1. The van der Waals surface area contributed by atoms with Crippen molar-refractivity contribution in [3.63, 3.8) is 0 Å². The van der Waals surface area contributed by atoms with E-state index in [-0.39, 0.29) is 0 Å². The molecule has 0 aliphatic carbocycles. The summed E-state index contributed by atoms with van der Waals surface area (Å²) in [4.78, 5) is 0. The van der Waals surface area contributed by atoms with Crippen LogP contribution >= 0.6 is 0 Å². The molecule has 1 N–H and O–H groups in total. The van der Waals surface area contributed by atoms with E-state index >= 15 is 0 Å². The Morgan fingerprint density at radius 2 is 2.00 bits per heavy atom. The monoisotopic (exact) mass is 207 g/mol. The van der Waals surface area contributed by atoms with E-state index in [9.17, 15) is 0 Å². The van der Waals surface area contributed by atoms with Crippen molar-refractivity contribution in [2.45, 2.75) is 27.2 Å². The van der Waals surface area contributed by atoms with Gasteiger partial charge in [-0.15, -0.1) is 0 Å². The smallest absolute Gasteiger partial charge is 0.142 e. The molecule has 0 aliphatic heterocycles. The Morgan fingerprint density at radius 3 is 2.67 bits per heavy atom. The van der Waals surface area contributed by atoms with Crippen LogP contribution in [0.2, 0.25) is 0 Å². The van der Waals surface area contributed by atoms with E-state index in [1.165, 1.54) is 6.42 Å². The molecule has 0 aliphatic rings. The highest BCUT2D eigenvalue weighted by Crippen LogP contribution is 2.23. The van der Waals surface area contributed by atoms with Gasteiger partial charge in [0.25, 0.3) is 0 Å². The molecule has 0 spiro atoms. The van der Waals surface area contributed by atoms with Gasteiger partial charge in [0.15, 0.2) is 0 Å². The number of ether oxygens (including phenoxy) is 1. The van der Waals surface area contributed by atoms with Crippen molar-refractivity contribution in [3.8, 4) is 5.75 Å². The highest BCUT2D eigenvalue weighted by molar-refractivity contribution is 5.56. The predicted molar refractivity (Wildman–Crippen MR) is 65.6 cm³/mol. The van der Waals surface area contributed by atoms with Crippen LogP contribution in [0.4, 0.5) is 5.69 Å². The molecule has 0 fully saturated rings. The van der Waals surface area contributed by atoms with Crippen LogP contribution in [0.25, 0.3) is 0 Å². The quantitative estimate of drug-likeness (QED) is 0.770. The van der Waals surface area contributed by atoms with Crippen LogP contribution in [0.3, 0.4) is 0 Å². The molecule has 0 unspecified atom stereocenters. The first-order valence-electron chi connectivity index (χ1n) is 5.69. The summed E-state index contributed by atoms with van der Waals surface area (Å²) in [5.41, 5.74) is 1.10. The fourth-order valence-electron chi connectivity index (χ4n) is 1.39. The Balaban J connectivity index is 2.51. The van der Waals surface area contributed by atoms with E-state index in [0.29, 0.717) is 6.61 Å². The molecular formula is C13H21NO. The van der Waals surface area contributed by atoms with Crippen LogP contribution in [0.5, 0.6) is 5.75 Å². The zero-order chi connectivity index (χ0) is 11.1. The number of para-hydroxylation sites is 2. The number of benzene rings is 1. The van der Waals surface area contributed by atoms with E-state index < -0.39 is 0 Å². The molecule has 84 valence electrons. The van der Waals surface area contributed by atoms with Gasteiger partial charge in [0.2, 0.25) is 0 Å². The topological polar surface area (TPSA) is 21.3 Å². The molecule has 0 saturated heterocycles. The lowest BCUT2D eigenvalue weighted by molar-refractivity contribution is 0.341. The zero-order valence-corrected chi connectivity index (χ0v) is 9.92. The van der Waals surface area contributed by atoms with E-state index in [1.807, 2.05) is 25.1 Å². The summed E-state index contributed by atoms with van der Waals surface area (Å²) in [5.74, 6) is 1.68. The summed E-state index contributed by atoms with van der Waals surface area (Å²) in [6, 6.07) is 8.09. The second-order valence-corrected chi connectivity index (χ2v) is 4.04. The van der Waals surface area contributed by atoms with Crippen LogP contribution in [0.15, 0.2) is 24.3 Å². The Hall–Kier alpha value is -1.18. The molecule has 15 heavy (non-hydrogen) atoms. The summed E-state index contributed by atoms with van der Waals surface area (Å²) >= 11 is 0. The maximum atomic E-state index is 5.53. The molecule has 1 rings (SSSR count). The predicted octanol–water partition coefficient (Wildman–Crippen LogP) is 3.54. The average molecular weight is 207 g/mol. The molecule has 0 saturated carbocycles. The largest absolute Gasteiger partial charge is 0.492 e. The van der Waals surface area contributed by atoms with Gasteiger partial charge in [-0.3, -0.25) is 0 Å². The zero-order valence-electron chi connectivity index (χ0n) is 9.92. The minimum atomic E-state index is 0.711. The molecule has 1 aromatic rings. The number of hydrogen-bond acceptors (Lipinski definition) is 2. The van der Waals surface area contributed by atoms with Crippen molar-refractivity contribution >= 4 is 5.69 Å². The molecule has 0 atom stereocenters. The highest BCUT2D eigenvalue weighted by atomic mass is 16.5. The second kappa shape index (κ2) is 6.33. The van der Waals surface area contributed by atoms with Crippen LogP contribution in [0.1, 0.15) is 27.2 Å². The van der Waals surface area contributed by atoms with Crippen molar-refractivity contribution in [2.24, 2.45) is 5.92 Å². The van der Waals surface area contributed by atoms with Crippen molar-refractivity contribution in [3.05, 3.63) is 24.3 Å². The molecule has 0 radical (unpaired) electrons. The Kier molecular flexibility index (Phi) is 5.02. The molecule has 2 heteroatoms. The molecular weight excluding hydrogens is 186 g/mol. The fourth-order valence-corrected chi connectivity index (χ4v) is 1.39. The molecule has 0 amide bonds. The molecule has 0 bridgehead atoms. The summed E-state index contributed by atoms with van der Waals surface area (Å²) < 4.78 is 5.53. The van der Waals surface area contributed by atoms with Crippen LogP contribution in [-0.2, 0) is 0 Å². The van der Waals surface area contributed by atoms with Gasteiger partial charge < -0.3 is 10.1 Å². The SMILES string of the molecule is CCOc1ccccc1NCCC(C)C. The lowest BCUT2D eigenvalue weighted by atomic mass is 10.1. The normalized spacial score (nSPS) is 10.4. The first kappa shape index (κ1) is 11.9. The van der Waals surface area contributed by atoms with Gasteiger partial charge in [0.05, 0.1) is 12.3 Å². The van der Waals surface area contributed by atoms with Gasteiger partial charge >= 0.3 is 0 Å². The second-order valence-electron chi connectivity index (χ2n) is 4.04. The third-order valence-corrected chi connectivity index (χ3v) is 2.22. The molecule has 0 heterocycles. The van der Waals surface area contributed by atoms with E-state index in [2.05, 4.69) is 25.2 Å². The van der Waals surface area contributed by atoms with Crippen molar-refractivity contribution in [1.82, 2.24) is 0 Å². The maximum absolute atomic E-state index is 5.53. The van der Waals surface area contributed by atoms with E-state index in [1.54, 1.807) is 0 Å². The minimum Gasteiger partial charge on any atom is -0.492 e. The van der Waals surface area contributed by atoms with E-state index in [0.717, 1.165) is 23.9 Å². The fraction of sp³-hybridized carbons (Fsp3) is 0.538. The minimum absolute atomic E-state index is 0.711. The Bertz CT molecular complexity index is 284. The molecule has 2 nitrogen and oxygen atoms in total. The average Bonchev–Trinajstić information content (AvgIpc) is 2.20. The third kappa shape index (κ3) is 4.24. The Labute approximate surface area is 92.6 Å². The summed E-state index contributed by atoms with van der Waals surface area (Å²) in [6.45, 7) is 8.18. The van der Waals surface area contributed by atoms with Gasteiger partial charge in [0, 0.05) is 6.54 Å². The number of hydrogen-bond donors (Lipinski definition) is 1. The van der Waals surface area contributed by atoms with Gasteiger partial charge in [-0.25, -0.2) is 0 Å². The molecule has 0 aromatic heterocycles. The van der Waals surface area contributed by atoms with Crippen LogP contribution in [0, 0.1) is 5.92 Å². The summed E-state index contributed by atoms with van der Waals surface area (Å²) in [7, 11) is 0. The highest BCUT2D eigenvalue weighted by Gasteiger charge is 2.01. The van der Waals surface area contributed by atoms with Crippen molar-refractivity contribution in [1.29, 1.82) is 0 Å². The summed E-state index contributed by atoms with van der Waals surface area (Å²) in [5, 5.41) is 3.40. The van der Waals surface area contributed by atoms with Crippen LogP contribution in [-0.4, -0.2) is 13.2 Å². The van der Waals surface area contributed by atoms with Gasteiger partial charge in [-0.2, -0.15) is 0 Å². The first-order valence-corrected chi connectivity index (χ1v) is 5.69. The lowest BCUT2D eigenvalue weighted by Gasteiger charge is -2.12. The van der Waals surface area contributed by atoms with Crippen molar-refractivity contribution < 1.29 is 4.74 Å². The summed E-state index contributed by atoms with van der Waals surface area (Å²) in [6.07, 6.45) is 1.18. The standard InChI is InChI=1S/C13H21NO/c1-4-15-13-8-6-5-7-12(13)14-10-9-11(2)3/h5-8,11,14H,4,9-10H2,1-3H3. The van der Waals surface area contributed by atoms with Crippen molar-refractivity contribution in [2.75, 3.05) is 18.5 Å². The van der Waals surface area contributed by atoms with Gasteiger partial charge in [0.1, 0.15) is 5.75 Å². The van der Waals surface area contributed by atoms with Crippen LogP contribution < -0.4 is 10.1 Å². The number of rotatable bonds is 6. The van der Waals surface area contributed by atoms with E-state index in [4.69, 9.17) is 4.74 Å². The van der Waals surface area contributed by atoms with Gasteiger partial charge in [-0.05, 0) is 31.4 Å². The molecule has 1 aromatic carbocycles. The maximum Gasteiger partial charge on any atom is 0.142 e. The lowest BCUT2D eigenvalue weighted by Crippen LogP contribution is -2.06. The Morgan fingerprint density at radius 1 is 1.27 bits per heavy atom. The van der Waals surface area contributed by atoms with Gasteiger partial charge in [-0.1, -0.05) is 26.0 Å². The third-order valence-electron chi connectivity index (χ3n) is 2.22. The number of anilines is 1. The first-order chi connectivity index (χ1) is 7.24.